The number of rotatable bonds is 6. The van der Waals surface area contributed by atoms with Crippen LogP contribution in [-0.4, -0.2) is 27.1 Å². The van der Waals surface area contributed by atoms with Gasteiger partial charge in [0.15, 0.2) is 5.17 Å². The van der Waals surface area contributed by atoms with E-state index < -0.39 is 5.25 Å². The normalized spacial score (nSPS) is 16.9. The number of anilines is 1. The van der Waals surface area contributed by atoms with Crippen molar-refractivity contribution < 1.29 is 14.0 Å². The zero-order valence-electron chi connectivity index (χ0n) is 17.2. The lowest BCUT2D eigenvalue weighted by Gasteiger charge is -2.16. The molecule has 1 aliphatic rings. The van der Waals surface area contributed by atoms with Crippen LogP contribution in [0.1, 0.15) is 12.0 Å². The molecule has 0 radical (unpaired) electrons. The van der Waals surface area contributed by atoms with Gasteiger partial charge < -0.3 is 5.32 Å². The maximum Gasteiger partial charge on any atom is 0.242 e. The smallest absolute Gasteiger partial charge is 0.242 e. The van der Waals surface area contributed by atoms with E-state index in [0.29, 0.717) is 21.6 Å². The highest BCUT2D eigenvalue weighted by Crippen LogP contribution is 2.33. The van der Waals surface area contributed by atoms with Gasteiger partial charge in [-0.1, -0.05) is 51.4 Å². The molecule has 1 atom stereocenters. The van der Waals surface area contributed by atoms with Gasteiger partial charge in [0, 0.05) is 21.6 Å². The molecule has 2 amide bonds. The number of carbonyl (C=O) groups excluding carboxylic acids is 2. The quantitative estimate of drug-likeness (QED) is 0.389. The number of benzene rings is 3. The molecule has 3 aromatic rings. The van der Waals surface area contributed by atoms with Crippen molar-refractivity contribution in [3.05, 3.63) is 93.7 Å². The SMILES string of the molecule is O=C(C[C@@H]1SC(=Nc2ccc(Cl)cc2)N(Cc2ccc(F)cc2)C1=O)Nc1ccc(Br)cc1. The summed E-state index contributed by atoms with van der Waals surface area (Å²) in [5.74, 6) is -0.834. The summed E-state index contributed by atoms with van der Waals surface area (Å²) >= 11 is 10.6. The molecule has 168 valence electrons. The van der Waals surface area contributed by atoms with Crippen molar-refractivity contribution in [1.29, 1.82) is 0 Å². The van der Waals surface area contributed by atoms with E-state index in [1.165, 1.54) is 28.8 Å². The van der Waals surface area contributed by atoms with E-state index in [4.69, 9.17) is 11.6 Å². The van der Waals surface area contributed by atoms with Crippen molar-refractivity contribution in [2.75, 3.05) is 5.32 Å². The Hall–Kier alpha value is -2.68. The molecule has 1 N–H and O–H groups in total. The summed E-state index contributed by atoms with van der Waals surface area (Å²) in [5, 5.41) is 3.26. The second-order valence-corrected chi connectivity index (χ2v) is 9.81. The number of nitrogens with zero attached hydrogens (tertiary/aromatic N) is 2. The first-order valence-corrected chi connectivity index (χ1v) is 12.0. The summed E-state index contributed by atoms with van der Waals surface area (Å²) in [4.78, 5) is 32.0. The predicted octanol–water partition coefficient (Wildman–Crippen LogP) is 6.40. The van der Waals surface area contributed by atoms with Gasteiger partial charge in [-0.3, -0.25) is 14.5 Å². The van der Waals surface area contributed by atoms with Crippen molar-refractivity contribution >= 4 is 67.6 Å². The topological polar surface area (TPSA) is 61.8 Å². The number of nitrogens with one attached hydrogen (secondary N) is 1. The van der Waals surface area contributed by atoms with Crippen LogP contribution < -0.4 is 5.32 Å². The Morgan fingerprint density at radius 2 is 1.73 bits per heavy atom. The predicted molar refractivity (Wildman–Crippen MR) is 134 cm³/mol. The summed E-state index contributed by atoms with van der Waals surface area (Å²) in [5.41, 5.74) is 2.05. The maximum absolute atomic E-state index is 13.3. The van der Waals surface area contributed by atoms with Crippen LogP contribution in [0.3, 0.4) is 0 Å². The summed E-state index contributed by atoms with van der Waals surface area (Å²) in [6, 6.07) is 20.1. The third kappa shape index (κ3) is 6.22. The maximum atomic E-state index is 13.3. The largest absolute Gasteiger partial charge is 0.326 e. The van der Waals surface area contributed by atoms with Crippen molar-refractivity contribution in [1.82, 2.24) is 4.90 Å². The third-order valence-corrected chi connectivity index (χ3v) is 6.78. The number of hydrogen-bond donors (Lipinski definition) is 1. The minimum absolute atomic E-state index is 0.000873. The molecule has 0 spiro atoms. The molecule has 4 rings (SSSR count). The molecule has 0 saturated carbocycles. The van der Waals surface area contributed by atoms with E-state index in [1.807, 2.05) is 12.1 Å². The Kier molecular flexibility index (Phi) is 7.47. The van der Waals surface area contributed by atoms with Gasteiger partial charge >= 0.3 is 0 Å². The highest BCUT2D eigenvalue weighted by atomic mass is 79.9. The van der Waals surface area contributed by atoms with Crippen molar-refractivity contribution in [2.24, 2.45) is 4.99 Å². The highest BCUT2D eigenvalue weighted by molar-refractivity contribution is 9.10. The van der Waals surface area contributed by atoms with E-state index in [2.05, 4.69) is 26.2 Å². The van der Waals surface area contributed by atoms with E-state index in [1.54, 1.807) is 48.5 Å². The molecule has 1 heterocycles. The number of thioether (sulfide) groups is 1. The van der Waals surface area contributed by atoms with Gasteiger partial charge in [0.05, 0.1) is 12.2 Å². The van der Waals surface area contributed by atoms with Crippen LogP contribution in [0.2, 0.25) is 5.02 Å². The van der Waals surface area contributed by atoms with Gasteiger partial charge in [-0.05, 0) is 66.2 Å². The molecule has 33 heavy (non-hydrogen) atoms. The second kappa shape index (κ2) is 10.5. The first kappa shape index (κ1) is 23.5. The Balaban J connectivity index is 1.53. The van der Waals surface area contributed by atoms with Crippen molar-refractivity contribution in [2.45, 2.75) is 18.2 Å². The number of amidine groups is 1. The molecular weight excluding hydrogens is 529 g/mol. The Morgan fingerprint density at radius 1 is 1.06 bits per heavy atom. The van der Waals surface area contributed by atoms with Gasteiger partial charge in [-0.15, -0.1) is 0 Å². The van der Waals surface area contributed by atoms with Gasteiger partial charge in [-0.25, -0.2) is 9.38 Å². The fourth-order valence-corrected chi connectivity index (χ4v) is 4.73. The molecule has 1 aliphatic heterocycles. The summed E-state index contributed by atoms with van der Waals surface area (Å²) < 4.78 is 14.2. The van der Waals surface area contributed by atoms with E-state index in [9.17, 15) is 14.0 Å². The number of hydrogen-bond acceptors (Lipinski definition) is 4. The van der Waals surface area contributed by atoms with Gasteiger partial charge in [-0.2, -0.15) is 0 Å². The lowest BCUT2D eigenvalue weighted by molar-refractivity contribution is -0.128. The molecule has 5 nitrogen and oxygen atoms in total. The molecule has 0 aliphatic carbocycles. The Bertz CT molecular complexity index is 1190. The zero-order chi connectivity index (χ0) is 23.4. The standard InChI is InChI=1S/C24H18BrClFN3O2S/c25-16-3-9-19(10-4-16)28-22(31)13-21-23(32)30(14-15-1-7-18(27)8-2-15)24(33-21)29-20-11-5-17(26)6-12-20/h1-12,21H,13-14H2,(H,28,31)/t21-/m0/s1. The van der Waals surface area contributed by atoms with Gasteiger partial charge in [0.2, 0.25) is 11.8 Å². The lowest BCUT2D eigenvalue weighted by atomic mass is 10.2. The molecule has 1 saturated heterocycles. The van der Waals surface area contributed by atoms with Gasteiger partial charge in [0.1, 0.15) is 11.1 Å². The Morgan fingerprint density at radius 3 is 2.39 bits per heavy atom. The van der Waals surface area contributed by atoms with Crippen LogP contribution in [-0.2, 0) is 16.1 Å². The highest BCUT2D eigenvalue weighted by Gasteiger charge is 2.39. The number of aliphatic imine (C=N–C) groups is 1. The number of amides is 2. The molecule has 0 aromatic heterocycles. The van der Waals surface area contributed by atoms with Crippen LogP contribution in [0.5, 0.6) is 0 Å². The van der Waals surface area contributed by atoms with Gasteiger partial charge in [0.25, 0.3) is 0 Å². The summed E-state index contributed by atoms with van der Waals surface area (Å²) in [6.07, 6.45) is -0.000873. The Labute approximate surface area is 208 Å². The average molecular weight is 547 g/mol. The second-order valence-electron chi connectivity index (χ2n) is 7.29. The monoisotopic (exact) mass is 545 g/mol. The number of halogens is 3. The molecule has 9 heteroatoms. The van der Waals surface area contributed by atoms with E-state index in [0.717, 1.165) is 10.0 Å². The third-order valence-electron chi connectivity index (χ3n) is 4.82. The first-order valence-electron chi connectivity index (χ1n) is 9.99. The van der Waals surface area contributed by atoms with E-state index >= 15 is 0 Å². The minimum atomic E-state index is -0.619. The summed E-state index contributed by atoms with van der Waals surface area (Å²) in [7, 11) is 0. The van der Waals surface area contributed by atoms with Crippen LogP contribution in [0.4, 0.5) is 15.8 Å². The molecule has 0 unspecified atom stereocenters. The van der Waals surface area contributed by atoms with Crippen molar-refractivity contribution in [3.8, 4) is 0 Å². The average Bonchev–Trinajstić information content (AvgIpc) is 3.07. The molecule has 1 fully saturated rings. The number of carbonyl (C=O) groups is 2. The first-order chi connectivity index (χ1) is 15.9. The molecule has 0 bridgehead atoms. The fourth-order valence-electron chi connectivity index (χ4n) is 3.18. The van der Waals surface area contributed by atoms with Crippen LogP contribution in [0.25, 0.3) is 0 Å². The van der Waals surface area contributed by atoms with Crippen molar-refractivity contribution in [3.63, 3.8) is 0 Å². The van der Waals surface area contributed by atoms with E-state index in [-0.39, 0.29) is 30.6 Å². The zero-order valence-corrected chi connectivity index (χ0v) is 20.3. The van der Waals surface area contributed by atoms with Crippen LogP contribution >= 0.6 is 39.3 Å². The fraction of sp³-hybridized carbons (Fsp3) is 0.125. The van der Waals surface area contributed by atoms with Crippen LogP contribution in [0, 0.1) is 5.82 Å². The van der Waals surface area contributed by atoms with Crippen LogP contribution in [0.15, 0.2) is 82.3 Å². The molecule has 3 aromatic carbocycles. The molecular formula is C24H18BrClFN3O2S. The summed E-state index contributed by atoms with van der Waals surface area (Å²) in [6.45, 7) is 0.226. The lowest BCUT2D eigenvalue weighted by Crippen LogP contribution is -2.33. The minimum Gasteiger partial charge on any atom is -0.326 e.